The fourth-order valence-corrected chi connectivity index (χ4v) is 4.38. The third-order valence-electron chi connectivity index (χ3n) is 4.46. The van der Waals surface area contributed by atoms with Gasteiger partial charge in [0.1, 0.15) is 6.04 Å². The van der Waals surface area contributed by atoms with E-state index in [0.717, 1.165) is 15.6 Å². The highest BCUT2D eigenvalue weighted by Crippen LogP contribution is 2.41. The summed E-state index contributed by atoms with van der Waals surface area (Å²) in [5.41, 5.74) is 8.47. The van der Waals surface area contributed by atoms with Gasteiger partial charge in [0, 0.05) is 11.0 Å². The van der Waals surface area contributed by atoms with Crippen LogP contribution < -0.4 is 5.73 Å². The molecule has 2 atom stereocenters. The Morgan fingerprint density at radius 2 is 1.69 bits per heavy atom. The Kier molecular flexibility index (Phi) is 4.98. The second kappa shape index (κ2) is 7.54. The molecule has 2 aromatic carbocycles. The maximum absolute atomic E-state index is 6.16. The van der Waals surface area contributed by atoms with Gasteiger partial charge in [0.05, 0.1) is 10.4 Å². The monoisotopic (exact) mass is 382 g/mol. The number of hydroxylamine groups is 2. The number of nitrogens with two attached hydrogens (primary N) is 1. The molecule has 0 spiro atoms. The van der Waals surface area contributed by atoms with Crippen molar-refractivity contribution in [3.8, 4) is 0 Å². The summed E-state index contributed by atoms with van der Waals surface area (Å²) >= 11 is 7.71. The second-order valence-corrected chi connectivity index (χ2v) is 7.97. The maximum Gasteiger partial charge on any atom is 0.207 e. The molecule has 0 bridgehead atoms. The molecule has 0 aliphatic carbocycles. The van der Waals surface area contributed by atoms with Crippen LogP contribution in [0.2, 0.25) is 4.34 Å². The molecule has 1 aliphatic heterocycles. The number of halogens is 1. The molecule has 3 nitrogen and oxygen atoms in total. The summed E-state index contributed by atoms with van der Waals surface area (Å²) in [5.74, 6) is 0.425. The van der Waals surface area contributed by atoms with Crippen molar-refractivity contribution in [3.63, 3.8) is 0 Å². The van der Waals surface area contributed by atoms with E-state index in [0.29, 0.717) is 5.88 Å². The van der Waals surface area contributed by atoms with Crippen molar-refractivity contribution in [2.75, 3.05) is 0 Å². The average Bonchev–Trinajstić information content (AvgIpc) is 3.27. The molecule has 5 heteroatoms. The van der Waals surface area contributed by atoms with Crippen LogP contribution in [-0.2, 0) is 11.3 Å². The van der Waals surface area contributed by atoms with Crippen LogP contribution in [0.25, 0.3) is 0 Å². The van der Waals surface area contributed by atoms with Gasteiger partial charge in [-0.1, -0.05) is 72.3 Å². The molecule has 2 unspecified atom stereocenters. The van der Waals surface area contributed by atoms with Gasteiger partial charge in [0.2, 0.25) is 5.88 Å². The summed E-state index contributed by atoms with van der Waals surface area (Å²) in [6.07, 6.45) is 2.77. The van der Waals surface area contributed by atoms with E-state index in [-0.39, 0.29) is 12.1 Å². The lowest BCUT2D eigenvalue weighted by atomic mass is 9.97. The van der Waals surface area contributed by atoms with E-state index < -0.39 is 0 Å². The smallest absolute Gasteiger partial charge is 0.207 e. The quantitative estimate of drug-likeness (QED) is 0.635. The highest BCUT2D eigenvalue weighted by molar-refractivity contribution is 7.16. The van der Waals surface area contributed by atoms with Gasteiger partial charge in [-0.2, -0.15) is 0 Å². The first-order chi connectivity index (χ1) is 12.7. The van der Waals surface area contributed by atoms with E-state index in [4.69, 9.17) is 22.2 Å². The minimum atomic E-state index is -0.0542. The summed E-state index contributed by atoms with van der Waals surface area (Å²) in [7, 11) is 0. The fourth-order valence-electron chi connectivity index (χ4n) is 3.26. The van der Waals surface area contributed by atoms with Crippen LogP contribution in [0, 0.1) is 0 Å². The van der Waals surface area contributed by atoms with Crippen molar-refractivity contribution < 1.29 is 4.84 Å². The van der Waals surface area contributed by atoms with Gasteiger partial charge in [0.15, 0.2) is 0 Å². The van der Waals surface area contributed by atoms with E-state index >= 15 is 0 Å². The molecule has 0 saturated carbocycles. The average molecular weight is 383 g/mol. The van der Waals surface area contributed by atoms with E-state index in [1.807, 2.05) is 35.4 Å². The first-order valence-electron chi connectivity index (χ1n) is 8.48. The zero-order chi connectivity index (χ0) is 17.9. The number of thiophene rings is 1. The molecule has 3 aromatic rings. The minimum absolute atomic E-state index is 0.0294. The zero-order valence-corrected chi connectivity index (χ0v) is 15.7. The van der Waals surface area contributed by atoms with Crippen LogP contribution in [0.15, 0.2) is 84.8 Å². The van der Waals surface area contributed by atoms with Crippen LogP contribution in [0.5, 0.6) is 0 Å². The van der Waals surface area contributed by atoms with Gasteiger partial charge in [0.25, 0.3) is 0 Å². The Bertz CT molecular complexity index is 895. The molecule has 0 amide bonds. The number of hydrogen-bond donors (Lipinski definition) is 1. The predicted molar refractivity (Wildman–Crippen MR) is 107 cm³/mol. The highest BCUT2D eigenvalue weighted by Gasteiger charge is 2.35. The number of benzene rings is 2. The number of nitrogens with zero attached hydrogens (tertiary/aromatic N) is 1. The summed E-state index contributed by atoms with van der Waals surface area (Å²) in [4.78, 5) is 7.08. The minimum Gasteiger partial charge on any atom is -0.387 e. The molecule has 0 fully saturated rings. The Morgan fingerprint density at radius 1 is 1.00 bits per heavy atom. The van der Waals surface area contributed by atoms with Gasteiger partial charge in [-0.3, -0.25) is 0 Å². The molecule has 1 aliphatic rings. The van der Waals surface area contributed by atoms with Crippen molar-refractivity contribution in [1.82, 2.24) is 5.06 Å². The van der Waals surface area contributed by atoms with Gasteiger partial charge in [-0.15, -0.1) is 16.4 Å². The Morgan fingerprint density at radius 3 is 2.35 bits per heavy atom. The molecule has 4 rings (SSSR count). The number of hydrogen-bond acceptors (Lipinski definition) is 4. The standard InChI is InChI=1S/C21H19ClN2OS/c22-20-12-11-19(26-20)18-14-21(23)25-24(18)17(16-9-5-2-6-10-16)13-15-7-3-1-4-8-15/h1-12,14,17-18H,13,23H2. The van der Waals surface area contributed by atoms with Crippen LogP contribution in [0.3, 0.4) is 0 Å². The largest absolute Gasteiger partial charge is 0.387 e. The summed E-state index contributed by atoms with van der Waals surface area (Å²) in [6, 6.07) is 24.7. The maximum atomic E-state index is 6.16. The normalized spacial score (nSPS) is 18.3. The third-order valence-corrected chi connectivity index (χ3v) is 5.76. The van der Waals surface area contributed by atoms with Gasteiger partial charge in [-0.05, 0) is 29.7 Å². The predicted octanol–water partition coefficient (Wildman–Crippen LogP) is 5.47. The number of rotatable bonds is 5. The fraction of sp³-hybridized carbons (Fsp3) is 0.143. The van der Waals surface area contributed by atoms with E-state index in [2.05, 4.69) is 48.5 Å². The lowest BCUT2D eigenvalue weighted by molar-refractivity contribution is -0.153. The van der Waals surface area contributed by atoms with Crippen molar-refractivity contribution in [1.29, 1.82) is 0 Å². The van der Waals surface area contributed by atoms with Crippen LogP contribution >= 0.6 is 22.9 Å². The molecule has 26 heavy (non-hydrogen) atoms. The highest BCUT2D eigenvalue weighted by atomic mass is 35.5. The molecule has 2 N–H and O–H groups in total. The Hall–Kier alpha value is -2.27. The lowest BCUT2D eigenvalue weighted by Crippen LogP contribution is -2.30. The summed E-state index contributed by atoms with van der Waals surface area (Å²) in [5, 5.41) is 1.99. The Balaban J connectivity index is 1.70. The van der Waals surface area contributed by atoms with Gasteiger partial charge in [-0.25, -0.2) is 0 Å². The lowest BCUT2D eigenvalue weighted by Gasteiger charge is -2.31. The SMILES string of the molecule is NC1=CC(c2ccc(Cl)s2)N(C(Cc2ccccc2)c2ccccc2)O1. The molecule has 132 valence electrons. The molecule has 2 heterocycles. The third kappa shape index (κ3) is 3.63. The summed E-state index contributed by atoms with van der Waals surface area (Å²) in [6.45, 7) is 0. The molecule has 0 radical (unpaired) electrons. The van der Waals surface area contributed by atoms with Crippen LogP contribution in [0.4, 0.5) is 0 Å². The van der Waals surface area contributed by atoms with Gasteiger partial charge < -0.3 is 10.6 Å². The van der Waals surface area contributed by atoms with Crippen molar-refractivity contribution in [3.05, 3.63) is 105 Å². The van der Waals surface area contributed by atoms with Crippen LogP contribution in [0.1, 0.15) is 28.1 Å². The van der Waals surface area contributed by atoms with E-state index in [1.165, 1.54) is 11.1 Å². The zero-order valence-electron chi connectivity index (χ0n) is 14.1. The van der Waals surface area contributed by atoms with Crippen LogP contribution in [-0.4, -0.2) is 5.06 Å². The second-order valence-electron chi connectivity index (χ2n) is 6.22. The molecule has 0 saturated heterocycles. The molecular weight excluding hydrogens is 364 g/mol. The van der Waals surface area contributed by atoms with E-state index in [1.54, 1.807) is 11.3 Å². The topological polar surface area (TPSA) is 38.5 Å². The first kappa shape index (κ1) is 17.2. The molecular formula is C21H19ClN2OS. The molecule has 1 aromatic heterocycles. The van der Waals surface area contributed by atoms with Crippen molar-refractivity contribution in [2.24, 2.45) is 5.73 Å². The van der Waals surface area contributed by atoms with Gasteiger partial charge >= 0.3 is 0 Å². The summed E-state index contributed by atoms with van der Waals surface area (Å²) < 4.78 is 0.762. The van der Waals surface area contributed by atoms with Crippen molar-refractivity contribution in [2.45, 2.75) is 18.5 Å². The first-order valence-corrected chi connectivity index (χ1v) is 9.68. The van der Waals surface area contributed by atoms with Crippen molar-refractivity contribution >= 4 is 22.9 Å². The Labute approximate surface area is 162 Å². The van der Waals surface area contributed by atoms with E-state index in [9.17, 15) is 0 Å².